The third-order valence-electron chi connectivity index (χ3n) is 2.80. The predicted molar refractivity (Wildman–Crippen MR) is 56.5 cm³/mol. The van der Waals surface area contributed by atoms with E-state index in [1.807, 2.05) is 6.92 Å². The fourth-order valence-corrected chi connectivity index (χ4v) is 1.93. The molecule has 0 bridgehead atoms. The highest BCUT2D eigenvalue weighted by Gasteiger charge is 2.46. The topological polar surface area (TPSA) is 49.7 Å². The largest absolute Gasteiger partial charge is 0.280 e. The van der Waals surface area contributed by atoms with Crippen LogP contribution >= 0.6 is 0 Å². The third kappa shape index (κ3) is 1.60. The van der Waals surface area contributed by atoms with Gasteiger partial charge in [-0.2, -0.15) is 0 Å². The van der Waals surface area contributed by atoms with Gasteiger partial charge in [-0.05, 0) is 12.5 Å². The predicted octanol–water partition coefficient (Wildman–Crippen LogP) is 0.781. The van der Waals surface area contributed by atoms with Gasteiger partial charge >= 0.3 is 0 Å². The zero-order valence-electron chi connectivity index (χ0n) is 8.72. The minimum absolute atomic E-state index is 0.0912. The summed E-state index contributed by atoms with van der Waals surface area (Å²) >= 11 is 0. The molecule has 80 valence electrons. The first-order chi connectivity index (χ1) is 7.25. The number of rotatable bonds is 3. The van der Waals surface area contributed by atoms with E-state index >= 15 is 0 Å². The summed E-state index contributed by atoms with van der Waals surface area (Å²) in [4.78, 5) is 29.1. The quantitative estimate of drug-likeness (QED) is 0.641. The molecule has 0 saturated carbocycles. The highest BCUT2D eigenvalue weighted by molar-refractivity contribution is 6.09. The van der Waals surface area contributed by atoms with Crippen molar-refractivity contribution in [3.8, 4) is 0 Å². The number of hydrogen-bond acceptors (Lipinski definition) is 3. The number of carbonyl (C=O) groups excluding carboxylic acids is 2. The van der Waals surface area contributed by atoms with Crippen LogP contribution in [0.5, 0.6) is 0 Å². The average molecular weight is 206 g/mol. The van der Waals surface area contributed by atoms with E-state index in [1.165, 1.54) is 4.90 Å². The molecule has 1 fully saturated rings. The summed E-state index contributed by atoms with van der Waals surface area (Å²) in [6, 6.07) is -0.487. The maximum Gasteiger partial charge on any atom is 0.255 e. The molecule has 2 heterocycles. The Bertz CT molecular complexity index is 316. The van der Waals surface area contributed by atoms with Crippen molar-refractivity contribution in [1.29, 1.82) is 0 Å². The van der Waals surface area contributed by atoms with E-state index < -0.39 is 6.04 Å². The molecule has 2 atom stereocenters. The smallest absolute Gasteiger partial charge is 0.255 e. The Kier molecular flexibility index (Phi) is 2.66. The monoisotopic (exact) mass is 206 g/mol. The molecule has 4 nitrogen and oxygen atoms in total. The standard InChI is InChI=1S/C11H14N2O2/c1-2-3-7-13-10(14)8-5-4-6-12-9(8)11(13)15/h4-6,8-9H,2-3,7H2,1H3/t8-,9+/m0/s1. The number of imide groups is 1. The van der Waals surface area contributed by atoms with E-state index in [9.17, 15) is 9.59 Å². The molecule has 0 N–H and O–H groups in total. The van der Waals surface area contributed by atoms with Gasteiger partial charge in [-0.1, -0.05) is 19.4 Å². The highest BCUT2D eigenvalue weighted by Crippen LogP contribution is 2.26. The molecule has 4 heteroatoms. The van der Waals surface area contributed by atoms with Crippen molar-refractivity contribution < 1.29 is 9.59 Å². The first-order valence-electron chi connectivity index (χ1n) is 5.31. The molecule has 0 aromatic carbocycles. The number of fused-ring (bicyclic) bond motifs is 1. The molecule has 2 aliphatic heterocycles. The van der Waals surface area contributed by atoms with Crippen LogP contribution in [0.4, 0.5) is 0 Å². The minimum Gasteiger partial charge on any atom is -0.280 e. The number of likely N-dealkylation sites (tertiary alicyclic amines) is 1. The summed E-state index contributed by atoms with van der Waals surface area (Å²) in [6.45, 7) is 2.57. The van der Waals surface area contributed by atoms with E-state index in [0.29, 0.717) is 6.54 Å². The Balaban J connectivity index is 2.15. The summed E-state index contributed by atoms with van der Waals surface area (Å²) in [6.07, 6.45) is 6.94. The zero-order valence-corrected chi connectivity index (χ0v) is 8.72. The van der Waals surface area contributed by atoms with Gasteiger partial charge in [0, 0.05) is 12.8 Å². The van der Waals surface area contributed by atoms with Crippen molar-refractivity contribution in [2.75, 3.05) is 6.54 Å². The summed E-state index contributed by atoms with van der Waals surface area (Å²) in [5.41, 5.74) is 0. The Morgan fingerprint density at radius 1 is 1.40 bits per heavy atom. The maximum absolute atomic E-state index is 11.8. The number of aliphatic imine (C=N–C) groups is 1. The van der Waals surface area contributed by atoms with Crippen molar-refractivity contribution >= 4 is 18.0 Å². The highest BCUT2D eigenvalue weighted by atomic mass is 16.2. The molecule has 0 radical (unpaired) electrons. The van der Waals surface area contributed by atoms with Gasteiger partial charge in [-0.25, -0.2) is 0 Å². The molecule has 0 aromatic rings. The van der Waals surface area contributed by atoms with Crippen LogP contribution in [-0.2, 0) is 9.59 Å². The number of dihydropyridines is 1. The van der Waals surface area contributed by atoms with Gasteiger partial charge in [0.15, 0.2) is 0 Å². The number of carbonyl (C=O) groups is 2. The molecule has 1 saturated heterocycles. The Morgan fingerprint density at radius 2 is 2.20 bits per heavy atom. The van der Waals surface area contributed by atoms with Crippen LogP contribution in [-0.4, -0.2) is 35.5 Å². The minimum atomic E-state index is -0.487. The average Bonchev–Trinajstić information content (AvgIpc) is 2.51. The van der Waals surface area contributed by atoms with Crippen LogP contribution in [0.1, 0.15) is 19.8 Å². The molecular formula is C11H14N2O2. The van der Waals surface area contributed by atoms with E-state index in [2.05, 4.69) is 4.99 Å². The van der Waals surface area contributed by atoms with Crippen LogP contribution in [0.25, 0.3) is 0 Å². The molecule has 15 heavy (non-hydrogen) atoms. The van der Waals surface area contributed by atoms with Crippen molar-refractivity contribution in [3.63, 3.8) is 0 Å². The first-order valence-corrected chi connectivity index (χ1v) is 5.31. The molecule has 0 aliphatic carbocycles. The van der Waals surface area contributed by atoms with Crippen LogP contribution in [0.2, 0.25) is 0 Å². The van der Waals surface area contributed by atoms with Crippen molar-refractivity contribution in [1.82, 2.24) is 4.90 Å². The SMILES string of the molecule is CCCCN1C(=O)[C@H]2C=CC=N[C@H]2C1=O. The Morgan fingerprint density at radius 3 is 2.87 bits per heavy atom. The fraction of sp³-hybridized carbons (Fsp3) is 0.545. The van der Waals surface area contributed by atoms with E-state index in [4.69, 9.17) is 0 Å². The van der Waals surface area contributed by atoms with Crippen molar-refractivity contribution in [3.05, 3.63) is 12.2 Å². The van der Waals surface area contributed by atoms with Gasteiger partial charge in [-0.3, -0.25) is 19.5 Å². The summed E-state index contributed by atoms with van der Waals surface area (Å²) in [5.74, 6) is -0.579. The molecular weight excluding hydrogens is 192 g/mol. The lowest BCUT2D eigenvalue weighted by atomic mass is 10.0. The molecule has 2 rings (SSSR count). The fourth-order valence-electron chi connectivity index (χ4n) is 1.93. The first kappa shape index (κ1) is 10.1. The van der Waals surface area contributed by atoms with Gasteiger partial charge < -0.3 is 0 Å². The number of hydrogen-bond donors (Lipinski definition) is 0. The second kappa shape index (κ2) is 3.96. The van der Waals surface area contributed by atoms with Gasteiger partial charge in [0.1, 0.15) is 6.04 Å². The van der Waals surface area contributed by atoms with E-state index in [1.54, 1.807) is 18.4 Å². The molecule has 0 unspecified atom stereocenters. The summed E-state index contributed by atoms with van der Waals surface area (Å²) in [7, 11) is 0. The van der Waals surface area contributed by atoms with Gasteiger partial charge in [-0.15, -0.1) is 0 Å². The van der Waals surface area contributed by atoms with Gasteiger partial charge in [0.05, 0.1) is 5.92 Å². The number of amides is 2. The Hall–Kier alpha value is -1.45. The summed E-state index contributed by atoms with van der Waals surface area (Å²) < 4.78 is 0. The number of unbranched alkanes of at least 4 members (excludes halogenated alkanes) is 1. The van der Waals surface area contributed by atoms with Crippen molar-refractivity contribution in [2.24, 2.45) is 10.9 Å². The van der Waals surface area contributed by atoms with Gasteiger partial charge in [0.2, 0.25) is 5.91 Å². The molecule has 2 aliphatic rings. The second-order valence-electron chi connectivity index (χ2n) is 3.84. The Labute approximate surface area is 88.7 Å². The van der Waals surface area contributed by atoms with Crippen LogP contribution in [0, 0.1) is 5.92 Å². The lowest BCUT2D eigenvalue weighted by molar-refractivity contribution is -0.139. The van der Waals surface area contributed by atoms with E-state index in [-0.39, 0.29) is 17.7 Å². The summed E-state index contributed by atoms with van der Waals surface area (Å²) in [5, 5.41) is 0. The lowest BCUT2D eigenvalue weighted by Crippen LogP contribution is -2.32. The second-order valence-corrected chi connectivity index (χ2v) is 3.84. The third-order valence-corrected chi connectivity index (χ3v) is 2.80. The van der Waals surface area contributed by atoms with Crippen LogP contribution in [0.3, 0.4) is 0 Å². The van der Waals surface area contributed by atoms with Crippen molar-refractivity contribution in [2.45, 2.75) is 25.8 Å². The maximum atomic E-state index is 11.8. The van der Waals surface area contributed by atoms with E-state index in [0.717, 1.165) is 12.8 Å². The van der Waals surface area contributed by atoms with Crippen LogP contribution < -0.4 is 0 Å². The normalized spacial score (nSPS) is 28.7. The van der Waals surface area contributed by atoms with Gasteiger partial charge in [0.25, 0.3) is 5.91 Å². The molecule has 0 aromatic heterocycles. The number of allylic oxidation sites excluding steroid dienone is 1. The lowest BCUT2D eigenvalue weighted by Gasteiger charge is -2.12. The van der Waals surface area contributed by atoms with Crippen LogP contribution in [0.15, 0.2) is 17.1 Å². The number of nitrogens with zero attached hydrogens (tertiary/aromatic N) is 2. The molecule has 0 spiro atoms. The molecule has 2 amide bonds. The zero-order chi connectivity index (χ0) is 10.8.